The van der Waals surface area contributed by atoms with E-state index in [1.54, 1.807) is 12.1 Å². The maximum absolute atomic E-state index is 13.3. The minimum Gasteiger partial charge on any atom is -0.508 e. The lowest BCUT2D eigenvalue weighted by molar-refractivity contribution is -0.149. The lowest BCUT2D eigenvalue weighted by atomic mass is 10.0. The first-order chi connectivity index (χ1) is 18.4. The Morgan fingerprint density at radius 1 is 1.03 bits per heavy atom. The zero-order valence-electron chi connectivity index (χ0n) is 21.4. The highest BCUT2D eigenvalue weighted by atomic mass is 16.4. The van der Waals surface area contributed by atoms with Crippen LogP contribution < -0.4 is 33.6 Å². The van der Waals surface area contributed by atoms with Gasteiger partial charge < -0.3 is 48.7 Å². The number of hydrogen-bond donors (Lipinski definition) is 8. The summed E-state index contributed by atoms with van der Waals surface area (Å²) in [4.78, 5) is 67.5. The van der Waals surface area contributed by atoms with Gasteiger partial charge in [0, 0.05) is 19.5 Å². The molecule has 1 aliphatic rings. The largest absolute Gasteiger partial charge is 0.508 e. The number of aromatic hydroxyl groups is 1. The fraction of sp³-hybridized carbons (Fsp3) is 0.500. The van der Waals surface area contributed by atoms with E-state index >= 15 is 0 Å². The van der Waals surface area contributed by atoms with Crippen LogP contribution in [0.4, 0.5) is 0 Å². The third-order valence-electron chi connectivity index (χ3n) is 6.15. The predicted molar refractivity (Wildman–Crippen MR) is 140 cm³/mol. The number of benzene rings is 1. The van der Waals surface area contributed by atoms with Gasteiger partial charge in [0.1, 0.15) is 23.9 Å². The molecule has 15 nitrogen and oxygen atoms in total. The lowest BCUT2D eigenvalue weighted by Gasteiger charge is -2.28. The molecule has 4 unspecified atom stereocenters. The molecule has 1 aromatic carbocycles. The topological polar surface area (TPSA) is 270 Å². The first-order valence-corrected chi connectivity index (χ1v) is 12.4. The number of likely N-dealkylation sites (tertiary alicyclic amines) is 1. The van der Waals surface area contributed by atoms with Crippen LogP contribution in [0.3, 0.4) is 0 Å². The minimum absolute atomic E-state index is 0.00250. The van der Waals surface area contributed by atoms with Gasteiger partial charge in [-0.15, -0.1) is 0 Å². The molecule has 0 spiro atoms. The van der Waals surface area contributed by atoms with E-state index in [0.717, 1.165) is 4.90 Å². The highest BCUT2D eigenvalue weighted by Crippen LogP contribution is 2.19. The Morgan fingerprint density at radius 2 is 1.67 bits per heavy atom. The zero-order valence-corrected chi connectivity index (χ0v) is 21.4. The van der Waals surface area contributed by atoms with Crippen molar-refractivity contribution in [2.75, 3.05) is 13.1 Å². The zero-order chi connectivity index (χ0) is 29.1. The van der Waals surface area contributed by atoms with Crippen LogP contribution in [-0.2, 0) is 30.4 Å². The Morgan fingerprint density at radius 3 is 2.26 bits per heavy atom. The maximum Gasteiger partial charge on any atom is 0.326 e. The fourth-order valence-electron chi connectivity index (χ4n) is 4.17. The first kappa shape index (κ1) is 30.8. The van der Waals surface area contributed by atoms with Gasteiger partial charge in [0.15, 0.2) is 5.96 Å². The third kappa shape index (κ3) is 9.77. The average Bonchev–Trinajstić information content (AvgIpc) is 3.36. The Kier molecular flexibility index (Phi) is 11.5. The van der Waals surface area contributed by atoms with Gasteiger partial charge in [-0.3, -0.25) is 24.2 Å². The molecule has 0 radical (unpaired) electrons. The SMILES string of the molecule is NC(=O)CC(NC(=O)C(Cc1ccc(O)cc1)NC(=O)C(N)CCCN=C(N)N)C(=O)N1CCCC1C(=O)O. The summed E-state index contributed by atoms with van der Waals surface area (Å²) in [7, 11) is 0. The molecule has 4 amide bonds. The Labute approximate surface area is 225 Å². The molecule has 0 saturated carbocycles. The summed E-state index contributed by atoms with van der Waals surface area (Å²) in [5.41, 5.74) is 22.4. The molecule has 12 N–H and O–H groups in total. The molecule has 1 aromatic rings. The van der Waals surface area contributed by atoms with Crippen LogP contribution in [0.25, 0.3) is 0 Å². The first-order valence-electron chi connectivity index (χ1n) is 12.4. The number of aliphatic carboxylic acids is 1. The fourth-order valence-corrected chi connectivity index (χ4v) is 4.17. The summed E-state index contributed by atoms with van der Waals surface area (Å²) in [6.07, 6.45) is 0.677. The molecular weight excluding hydrogens is 512 g/mol. The molecule has 4 atom stereocenters. The lowest BCUT2D eigenvalue weighted by Crippen LogP contribution is -2.58. The van der Waals surface area contributed by atoms with Crippen molar-refractivity contribution in [3.63, 3.8) is 0 Å². The van der Waals surface area contributed by atoms with Gasteiger partial charge in [-0.1, -0.05) is 12.1 Å². The number of phenols is 1. The molecule has 1 saturated heterocycles. The summed E-state index contributed by atoms with van der Waals surface area (Å²) >= 11 is 0. The van der Waals surface area contributed by atoms with Gasteiger partial charge in [-0.25, -0.2) is 4.79 Å². The van der Waals surface area contributed by atoms with E-state index in [4.69, 9.17) is 22.9 Å². The second kappa shape index (κ2) is 14.5. The van der Waals surface area contributed by atoms with Crippen LogP contribution in [-0.4, -0.2) is 87.9 Å². The summed E-state index contributed by atoms with van der Waals surface area (Å²) in [6.45, 7) is 0.398. The quantitative estimate of drug-likeness (QED) is 0.0673. The number of nitrogens with two attached hydrogens (primary N) is 4. The number of hydrogen-bond acceptors (Lipinski definition) is 8. The van der Waals surface area contributed by atoms with E-state index in [0.29, 0.717) is 18.4 Å². The van der Waals surface area contributed by atoms with Crippen molar-refractivity contribution >= 4 is 35.6 Å². The third-order valence-corrected chi connectivity index (χ3v) is 6.15. The molecule has 1 aliphatic heterocycles. The molecular formula is C24H36N8O7. The molecule has 39 heavy (non-hydrogen) atoms. The van der Waals surface area contributed by atoms with Crippen LogP contribution in [0.2, 0.25) is 0 Å². The molecule has 1 fully saturated rings. The number of nitrogens with zero attached hydrogens (tertiary/aromatic N) is 2. The number of aliphatic imine (C=N–C) groups is 1. The number of phenolic OH excluding ortho intramolecular Hbond substituents is 1. The smallest absolute Gasteiger partial charge is 0.326 e. The summed E-state index contributed by atoms with van der Waals surface area (Å²) in [6, 6.07) is 1.13. The molecule has 0 aliphatic carbocycles. The van der Waals surface area contributed by atoms with E-state index in [9.17, 15) is 34.2 Å². The summed E-state index contributed by atoms with van der Waals surface area (Å²) in [5.74, 6) is -4.41. The highest BCUT2D eigenvalue weighted by Gasteiger charge is 2.39. The van der Waals surface area contributed by atoms with E-state index in [2.05, 4.69) is 15.6 Å². The number of carbonyl (C=O) groups is 5. The Balaban J connectivity index is 2.21. The molecule has 15 heteroatoms. The molecule has 214 valence electrons. The number of primary amides is 1. The summed E-state index contributed by atoms with van der Waals surface area (Å²) in [5, 5.41) is 24.0. The van der Waals surface area contributed by atoms with Crippen molar-refractivity contribution in [2.24, 2.45) is 27.9 Å². The van der Waals surface area contributed by atoms with Crippen LogP contribution in [0.1, 0.15) is 37.7 Å². The molecule has 1 heterocycles. The van der Waals surface area contributed by atoms with Gasteiger partial charge in [-0.2, -0.15) is 0 Å². The molecule has 0 aromatic heterocycles. The van der Waals surface area contributed by atoms with Crippen LogP contribution in [0.15, 0.2) is 29.3 Å². The highest BCUT2D eigenvalue weighted by molar-refractivity contribution is 5.96. The second-order valence-corrected chi connectivity index (χ2v) is 9.25. The second-order valence-electron chi connectivity index (χ2n) is 9.25. The van der Waals surface area contributed by atoms with Gasteiger partial charge in [0.05, 0.1) is 12.5 Å². The number of carboxylic acid groups (broad SMARTS) is 1. The number of amides is 4. The van der Waals surface area contributed by atoms with Gasteiger partial charge in [0.2, 0.25) is 23.6 Å². The van der Waals surface area contributed by atoms with Crippen molar-refractivity contribution in [2.45, 2.75) is 62.7 Å². The molecule has 2 rings (SSSR count). The predicted octanol–water partition coefficient (Wildman–Crippen LogP) is -2.76. The van der Waals surface area contributed by atoms with Crippen molar-refractivity contribution in [1.82, 2.24) is 15.5 Å². The van der Waals surface area contributed by atoms with E-state index in [-0.39, 0.29) is 44.1 Å². The Bertz CT molecular complexity index is 1070. The standard InChI is InChI=1S/C24H36N8O7/c25-15(3-1-9-29-24(27)28)20(35)30-16(11-13-5-7-14(33)8-6-13)21(36)31-17(12-19(26)34)22(37)32-10-2-4-18(32)23(38)39/h5-8,15-18,33H,1-4,9-12,25H2,(H2,26,34)(H,30,35)(H,31,36)(H,38,39)(H4,27,28,29). The number of nitrogens with one attached hydrogen (secondary N) is 2. The summed E-state index contributed by atoms with van der Waals surface area (Å²) < 4.78 is 0. The van der Waals surface area contributed by atoms with E-state index in [1.165, 1.54) is 12.1 Å². The molecule has 0 bridgehead atoms. The Hall–Kier alpha value is -4.40. The number of carboxylic acids is 1. The number of rotatable bonds is 14. The monoisotopic (exact) mass is 548 g/mol. The van der Waals surface area contributed by atoms with Crippen molar-refractivity contribution in [3.05, 3.63) is 29.8 Å². The van der Waals surface area contributed by atoms with Crippen LogP contribution in [0, 0.1) is 0 Å². The normalized spacial score (nSPS) is 16.9. The van der Waals surface area contributed by atoms with Crippen molar-refractivity contribution in [1.29, 1.82) is 0 Å². The average molecular weight is 549 g/mol. The van der Waals surface area contributed by atoms with E-state index < -0.39 is 60.2 Å². The van der Waals surface area contributed by atoms with Crippen molar-refractivity contribution in [3.8, 4) is 5.75 Å². The number of guanidine groups is 1. The number of carbonyl (C=O) groups excluding carboxylic acids is 4. The van der Waals surface area contributed by atoms with E-state index in [1.807, 2.05) is 0 Å². The van der Waals surface area contributed by atoms with Crippen molar-refractivity contribution < 1.29 is 34.2 Å². The maximum atomic E-state index is 13.3. The van der Waals surface area contributed by atoms with Gasteiger partial charge in [0.25, 0.3) is 0 Å². The van der Waals surface area contributed by atoms with Gasteiger partial charge >= 0.3 is 5.97 Å². The van der Waals surface area contributed by atoms with Crippen LogP contribution >= 0.6 is 0 Å². The van der Waals surface area contributed by atoms with Crippen LogP contribution in [0.5, 0.6) is 5.75 Å². The van der Waals surface area contributed by atoms with Gasteiger partial charge in [-0.05, 0) is 43.4 Å². The minimum atomic E-state index is -1.44.